The lowest BCUT2D eigenvalue weighted by Gasteiger charge is -2.16. The standard InChI is InChI=1S/C17H19FO3/c1-3-11-20-15-9-4-5-10-16(15)21-17-13(12(2)19)7-6-8-14(17)18/h4-10,12,19H,3,11H2,1-2H3/t12-/m0/s1. The molecule has 0 unspecified atom stereocenters. The maximum absolute atomic E-state index is 14.0. The van der Waals surface area contributed by atoms with Crippen LogP contribution in [0.3, 0.4) is 0 Å². The third kappa shape index (κ3) is 3.73. The number of aliphatic hydroxyl groups excluding tert-OH is 1. The third-order valence-electron chi connectivity index (χ3n) is 2.97. The molecule has 0 aliphatic rings. The molecule has 2 aromatic carbocycles. The second kappa shape index (κ2) is 7.09. The van der Waals surface area contributed by atoms with Crippen LogP contribution in [0.2, 0.25) is 0 Å². The van der Waals surface area contributed by atoms with Crippen molar-refractivity contribution in [1.82, 2.24) is 0 Å². The van der Waals surface area contributed by atoms with E-state index in [1.54, 1.807) is 37.3 Å². The summed E-state index contributed by atoms with van der Waals surface area (Å²) in [6.45, 7) is 4.13. The molecule has 0 saturated carbocycles. The van der Waals surface area contributed by atoms with Crippen molar-refractivity contribution < 1.29 is 19.0 Å². The van der Waals surface area contributed by atoms with Gasteiger partial charge >= 0.3 is 0 Å². The summed E-state index contributed by atoms with van der Waals surface area (Å²) in [4.78, 5) is 0. The van der Waals surface area contributed by atoms with Crippen LogP contribution >= 0.6 is 0 Å². The molecule has 21 heavy (non-hydrogen) atoms. The van der Waals surface area contributed by atoms with Gasteiger partial charge in [-0.1, -0.05) is 31.2 Å². The number of hydrogen-bond acceptors (Lipinski definition) is 3. The summed E-state index contributed by atoms with van der Waals surface area (Å²) >= 11 is 0. The highest BCUT2D eigenvalue weighted by Crippen LogP contribution is 2.36. The normalized spacial score (nSPS) is 12.0. The summed E-state index contributed by atoms with van der Waals surface area (Å²) in [5.74, 6) is 0.496. The second-order valence-electron chi connectivity index (χ2n) is 4.73. The van der Waals surface area contributed by atoms with Crippen molar-refractivity contribution in [3.63, 3.8) is 0 Å². The van der Waals surface area contributed by atoms with Crippen molar-refractivity contribution in [1.29, 1.82) is 0 Å². The number of hydrogen-bond donors (Lipinski definition) is 1. The van der Waals surface area contributed by atoms with E-state index < -0.39 is 11.9 Å². The van der Waals surface area contributed by atoms with E-state index in [4.69, 9.17) is 9.47 Å². The van der Waals surface area contributed by atoms with Gasteiger partial charge in [0.1, 0.15) is 0 Å². The van der Waals surface area contributed by atoms with Crippen LogP contribution in [0.25, 0.3) is 0 Å². The fraction of sp³-hybridized carbons (Fsp3) is 0.294. The molecule has 1 N–H and O–H groups in total. The molecule has 0 amide bonds. The molecule has 0 bridgehead atoms. The van der Waals surface area contributed by atoms with Crippen LogP contribution in [0, 0.1) is 5.82 Å². The van der Waals surface area contributed by atoms with Gasteiger partial charge in [0.15, 0.2) is 23.1 Å². The Balaban J connectivity index is 2.34. The molecule has 3 nitrogen and oxygen atoms in total. The van der Waals surface area contributed by atoms with E-state index in [0.29, 0.717) is 23.7 Å². The maximum atomic E-state index is 14.0. The number of para-hydroxylation sites is 3. The minimum atomic E-state index is -0.820. The Bertz CT molecular complexity index is 596. The van der Waals surface area contributed by atoms with Gasteiger partial charge in [-0.2, -0.15) is 0 Å². The number of aliphatic hydroxyl groups is 1. The molecule has 0 radical (unpaired) electrons. The first-order chi connectivity index (χ1) is 10.1. The molecular weight excluding hydrogens is 271 g/mol. The van der Waals surface area contributed by atoms with Crippen molar-refractivity contribution in [2.24, 2.45) is 0 Å². The molecule has 0 aliphatic heterocycles. The van der Waals surface area contributed by atoms with Gasteiger partial charge in [-0.05, 0) is 31.5 Å². The van der Waals surface area contributed by atoms with E-state index in [1.165, 1.54) is 6.07 Å². The van der Waals surface area contributed by atoms with Crippen molar-refractivity contribution in [3.8, 4) is 17.2 Å². The van der Waals surface area contributed by atoms with Gasteiger partial charge in [0.2, 0.25) is 0 Å². The lowest BCUT2D eigenvalue weighted by atomic mass is 10.1. The minimum Gasteiger partial charge on any atom is -0.490 e. The van der Waals surface area contributed by atoms with Crippen LogP contribution in [0.15, 0.2) is 42.5 Å². The quantitative estimate of drug-likeness (QED) is 0.853. The molecule has 4 heteroatoms. The Hall–Kier alpha value is -2.07. The van der Waals surface area contributed by atoms with Crippen molar-refractivity contribution in [3.05, 3.63) is 53.8 Å². The van der Waals surface area contributed by atoms with E-state index >= 15 is 0 Å². The first-order valence-electron chi connectivity index (χ1n) is 6.99. The molecule has 112 valence electrons. The fourth-order valence-electron chi connectivity index (χ4n) is 1.94. The van der Waals surface area contributed by atoms with E-state index in [0.717, 1.165) is 6.42 Å². The Kier molecular flexibility index (Phi) is 5.17. The summed E-state index contributed by atoms with van der Waals surface area (Å²) < 4.78 is 25.3. The average Bonchev–Trinajstić information content (AvgIpc) is 2.48. The fourth-order valence-corrected chi connectivity index (χ4v) is 1.94. The summed E-state index contributed by atoms with van der Waals surface area (Å²) in [6.07, 6.45) is 0.0480. The zero-order chi connectivity index (χ0) is 15.2. The highest BCUT2D eigenvalue weighted by atomic mass is 19.1. The molecular formula is C17H19FO3. The van der Waals surface area contributed by atoms with Crippen LogP contribution in [-0.4, -0.2) is 11.7 Å². The molecule has 2 rings (SSSR count). The zero-order valence-corrected chi connectivity index (χ0v) is 12.2. The molecule has 1 atom stereocenters. The minimum absolute atomic E-state index is 0.0278. The molecule has 0 aromatic heterocycles. The van der Waals surface area contributed by atoms with Gasteiger partial charge in [-0.15, -0.1) is 0 Å². The summed E-state index contributed by atoms with van der Waals surface area (Å²) in [5.41, 5.74) is 0.403. The first-order valence-corrected chi connectivity index (χ1v) is 6.99. The van der Waals surface area contributed by atoms with Gasteiger partial charge in [-0.25, -0.2) is 4.39 Å². The highest BCUT2D eigenvalue weighted by molar-refractivity contribution is 5.45. The summed E-state index contributed by atoms with van der Waals surface area (Å²) in [6, 6.07) is 11.6. The number of halogens is 1. The number of rotatable bonds is 6. The summed E-state index contributed by atoms with van der Waals surface area (Å²) in [5, 5.41) is 9.74. The molecule has 2 aromatic rings. The van der Waals surface area contributed by atoms with Crippen molar-refractivity contribution in [2.75, 3.05) is 6.61 Å². The van der Waals surface area contributed by atoms with Gasteiger partial charge in [0.25, 0.3) is 0 Å². The van der Waals surface area contributed by atoms with Crippen LogP contribution in [-0.2, 0) is 0 Å². The van der Waals surface area contributed by atoms with E-state index in [1.807, 2.05) is 13.0 Å². The van der Waals surface area contributed by atoms with E-state index in [-0.39, 0.29) is 5.75 Å². The Morgan fingerprint density at radius 3 is 2.48 bits per heavy atom. The SMILES string of the molecule is CCCOc1ccccc1Oc1c(F)cccc1[C@H](C)O. The van der Waals surface area contributed by atoms with E-state index in [9.17, 15) is 9.50 Å². The topological polar surface area (TPSA) is 38.7 Å². The molecule has 0 heterocycles. The van der Waals surface area contributed by atoms with E-state index in [2.05, 4.69) is 0 Å². The monoisotopic (exact) mass is 290 g/mol. The maximum Gasteiger partial charge on any atom is 0.169 e. The summed E-state index contributed by atoms with van der Waals surface area (Å²) in [7, 11) is 0. The van der Waals surface area contributed by atoms with Gasteiger partial charge < -0.3 is 14.6 Å². The van der Waals surface area contributed by atoms with Gasteiger partial charge in [0, 0.05) is 5.56 Å². The lowest BCUT2D eigenvalue weighted by molar-refractivity contribution is 0.194. The Morgan fingerprint density at radius 1 is 1.10 bits per heavy atom. The molecule has 0 fully saturated rings. The predicted molar refractivity (Wildman–Crippen MR) is 79.3 cm³/mol. The van der Waals surface area contributed by atoms with Crippen LogP contribution in [0.1, 0.15) is 31.9 Å². The van der Waals surface area contributed by atoms with Crippen LogP contribution in [0.5, 0.6) is 17.2 Å². The van der Waals surface area contributed by atoms with Crippen molar-refractivity contribution >= 4 is 0 Å². The van der Waals surface area contributed by atoms with Crippen molar-refractivity contribution in [2.45, 2.75) is 26.4 Å². The second-order valence-corrected chi connectivity index (χ2v) is 4.73. The number of ether oxygens (including phenoxy) is 2. The van der Waals surface area contributed by atoms with Crippen LogP contribution < -0.4 is 9.47 Å². The smallest absolute Gasteiger partial charge is 0.169 e. The molecule has 0 saturated heterocycles. The lowest BCUT2D eigenvalue weighted by Crippen LogP contribution is -2.01. The van der Waals surface area contributed by atoms with Crippen LogP contribution in [0.4, 0.5) is 4.39 Å². The predicted octanol–water partition coefficient (Wildman–Crippen LogP) is 4.46. The zero-order valence-electron chi connectivity index (χ0n) is 12.2. The van der Waals surface area contributed by atoms with Gasteiger partial charge in [0.05, 0.1) is 12.7 Å². The third-order valence-corrected chi connectivity index (χ3v) is 2.97. The Labute approximate surface area is 124 Å². The molecule has 0 spiro atoms. The number of benzene rings is 2. The Morgan fingerprint density at radius 2 is 1.81 bits per heavy atom. The largest absolute Gasteiger partial charge is 0.490 e. The molecule has 0 aliphatic carbocycles. The van der Waals surface area contributed by atoms with Gasteiger partial charge in [-0.3, -0.25) is 0 Å². The first kappa shape index (κ1) is 15.3. The average molecular weight is 290 g/mol. The highest BCUT2D eigenvalue weighted by Gasteiger charge is 2.16.